The summed E-state index contributed by atoms with van der Waals surface area (Å²) in [6.07, 6.45) is 3.20. The van der Waals surface area contributed by atoms with E-state index in [2.05, 4.69) is 86.6 Å². The molecular formula is C29H26IrNO2-. The molecule has 0 aliphatic heterocycles. The summed E-state index contributed by atoms with van der Waals surface area (Å²) >= 11 is 0. The summed E-state index contributed by atoms with van der Waals surface area (Å²) in [5.74, 6) is -0.0625. The largest absolute Gasteiger partial charge is 0.512 e. The minimum Gasteiger partial charge on any atom is -0.512 e. The van der Waals surface area contributed by atoms with E-state index in [1.165, 1.54) is 47.6 Å². The number of carbonyl (C=O) groups excluding carboxylic acids is 1. The molecule has 1 aliphatic rings. The number of aliphatic hydroxyl groups is 1. The number of rotatable bonds is 2. The average Bonchev–Trinajstić information content (AvgIpc) is 3.00. The first-order valence-corrected chi connectivity index (χ1v) is 10.7. The van der Waals surface area contributed by atoms with Gasteiger partial charge in [0.05, 0.1) is 5.76 Å². The number of carbonyl (C=O) groups is 1. The molecule has 169 valence electrons. The second-order valence-corrected chi connectivity index (χ2v) is 8.64. The van der Waals surface area contributed by atoms with Gasteiger partial charge in [-0.2, -0.15) is 0 Å². The van der Waals surface area contributed by atoms with Crippen LogP contribution in [0.3, 0.4) is 0 Å². The summed E-state index contributed by atoms with van der Waals surface area (Å²) in [5.41, 5.74) is 7.33. The van der Waals surface area contributed by atoms with Gasteiger partial charge in [-0.05, 0) is 30.5 Å². The predicted octanol–water partition coefficient (Wildman–Crippen LogP) is 7.04. The van der Waals surface area contributed by atoms with Crippen molar-refractivity contribution in [3.63, 3.8) is 0 Å². The van der Waals surface area contributed by atoms with Crippen LogP contribution >= 0.6 is 0 Å². The maximum atomic E-state index is 10.0. The Morgan fingerprint density at radius 3 is 2.33 bits per heavy atom. The van der Waals surface area contributed by atoms with E-state index in [1.807, 2.05) is 6.20 Å². The fourth-order valence-corrected chi connectivity index (χ4v) is 4.30. The van der Waals surface area contributed by atoms with E-state index in [0.717, 1.165) is 16.6 Å². The van der Waals surface area contributed by atoms with Gasteiger partial charge in [-0.25, -0.2) is 0 Å². The molecular weight excluding hydrogens is 587 g/mol. The Hall–Kier alpha value is -3.07. The van der Waals surface area contributed by atoms with Crippen molar-refractivity contribution in [3.8, 4) is 22.4 Å². The van der Waals surface area contributed by atoms with E-state index >= 15 is 0 Å². The number of aromatic nitrogens is 1. The van der Waals surface area contributed by atoms with E-state index < -0.39 is 0 Å². The second-order valence-electron chi connectivity index (χ2n) is 8.64. The first-order chi connectivity index (χ1) is 15.3. The van der Waals surface area contributed by atoms with Gasteiger partial charge < -0.3 is 5.11 Å². The van der Waals surface area contributed by atoms with Crippen LogP contribution in [0.4, 0.5) is 0 Å². The molecule has 1 aromatic heterocycles. The van der Waals surface area contributed by atoms with E-state index in [4.69, 9.17) is 10.1 Å². The van der Waals surface area contributed by atoms with Crippen LogP contribution in [0.2, 0.25) is 0 Å². The molecule has 4 aromatic rings. The Bertz CT molecular complexity index is 1350. The fraction of sp³-hybridized carbons (Fsp3) is 0.172. The van der Waals surface area contributed by atoms with Gasteiger partial charge in [0.1, 0.15) is 0 Å². The van der Waals surface area contributed by atoms with Crippen LogP contribution < -0.4 is 0 Å². The van der Waals surface area contributed by atoms with Crippen LogP contribution in [-0.2, 0) is 30.3 Å². The minimum absolute atomic E-state index is 0. The molecule has 0 spiro atoms. The zero-order valence-corrected chi connectivity index (χ0v) is 21.5. The van der Waals surface area contributed by atoms with Gasteiger partial charge in [-0.1, -0.05) is 73.3 Å². The molecule has 1 N–H and O–H groups in total. The van der Waals surface area contributed by atoms with Gasteiger partial charge in [0.15, 0.2) is 5.78 Å². The van der Waals surface area contributed by atoms with Crippen LogP contribution in [-0.4, -0.2) is 15.9 Å². The number of allylic oxidation sites excluding steroid dienone is 2. The molecule has 3 nitrogen and oxygen atoms in total. The van der Waals surface area contributed by atoms with Crippen LogP contribution in [0.5, 0.6) is 0 Å². The number of ketones is 1. The average molecular weight is 613 g/mol. The second kappa shape index (κ2) is 9.82. The maximum absolute atomic E-state index is 10.0. The zero-order chi connectivity index (χ0) is 22.9. The Morgan fingerprint density at radius 2 is 1.64 bits per heavy atom. The van der Waals surface area contributed by atoms with E-state index in [0.29, 0.717) is 0 Å². The molecule has 0 saturated heterocycles. The van der Waals surface area contributed by atoms with Gasteiger partial charge in [0.2, 0.25) is 0 Å². The smallest absolute Gasteiger partial charge is 0.155 e. The molecule has 1 radical (unpaired) electrons. The molecule has 33 heavy (non-hydrogen) atoms. The van der Waals surface area contributed by atoms with Crippen molar-refractivity contribution in [1.29, 1.82) is 0 Å². The van der Waals surface area contributed by atoms with E-state index in [1.54, 1.807) is 0 Å². The Kier molecular flexibility index (Phi) is 7.31. The first-order valence-electron chi connectivity index (χ1n) is 10.7. The Labute approximate surface area is 208 Å². The van der Waals surface area contributed by atoms with Crippen molar-refractivity contribution in [2.45, 2.75) is 33.1 Å². The third kappa shape index (κ3) is 4.98. The van der Waals surface area contributed by atoms with Crippen molar-refractivity contribution >= 4 is 16.6 Å². The third-order valence-electron chi connectivity index (χ3n) is 5.82. The summed E-state index contributed by atoms with van der Waals surface area (Å²) in [4.78, 5) is 14.8. The molecule has 0 amide bonds. The van der Waals surface area contributed by atoms with Gasteiger partial charge in [-0.3, -0.25) is 9.78 Å². The summed E-state index contributed by atoms with van der Waals surface area (Å²) in [6.45, 7) is 7.44. The molecule has 5 rings (SSSR count). The quantitative estimate of drug-likeness (QED) is 0.150. The molecule has 4 heteroatoms. The van der Waals surface area contributed by atoms with E-state index in [9.17, 15) is 4.79 Å². The van der Waals surface area contributed by atoms with Crippen molar-refractivity contribution in [2.24, 2.45) is 0 Å². The zero-order valence-electron chi connectivity index (χ0n) is 19.1. The van der Waals surface area contributed by atoms with Gasteiger partial charge in [0.25, 0.3) is 0 Å². The normalized spacial score (nSPS) is 13.3. The SMILES string of the molecule is CC(=O)/C=C(/C)O.CC1(C)c2ccccc2-c2cnc(-c3[c-]c4ccccc4cc3)cc21.[Ir]. The molecule has 1 aliphatic carbocycles. The minimum atomic E-state index is -0.125. The molecule has 3 aromatic carbocycles. The molecule has 0 bridgehead atoms. The summed E-state index contributed by atoms with van der Waals surface area (Å²) in [7, 11) is 0. The molecule has 0 unspecified atom stereocenters. The number of nitrogens with zero attached hydrogens (tertiary/aromatic N) is 1. The number of hydrogen-bond donors (Lipinski definition) is 1. The number of hydrogen-bond acceptors (Lipinski definition) is 3. The fourth-order valence-electron chi connectivity index (χ4n) is 4.30. The Balaban J connectivity index is 0.000000337. The topological polar surface area (TPSA) is 50.2 Å². The van der Waals surface area contributed by atoms with Crippen molar-refractivity contribution in [1.82, 2.24) is 4.98 Å². The van der Waals surface area contributed by atoms with E-state index in [-0.39, 0.29) is 37.1 Å². The summed E-state index contributed by atoms with van der Waals surface area (Å²) in [6, 6.07) is 27.0. The van der Waals surface area contributed by atoms with Crippen LogP contribution in [0.25, 0.3) is 33.2 Å². The van der Waals surface area contributed by atoms with Gasteiger partial charge in [0, 0.05) is 49.1 Å². The number of fused-ring (bicyclic) bond motifs is 4. The van der Waals surface area contributed by atoms with Gasteiger partial charge >= 0.3 is 0 Å². The van der Waals surface area contributed by atoms with Gasteiger partial charge in [-0.15, -0.1) is 29.7 Å². The van der Waals surface area contributed by atoms with Crippen LogP contribution in [0.15, 0.2) is 84.8 Å². The number of benzene rings is 3. The monoisotopic (exact) mass is 613 g/mol. The predicted molar refractivity (Wildman–Crippen MR) is 131 cm³/mol. The first kappa shape index (κ1) is 24.6. The molecule has 1 heterocycles. The van der Waals surface area contributed by atoms with Crippen molar-refractivity contribution in [2.75, 3.05) is 0 Å². The molecule has 0 saturated carbocycles. The number of pyridine rings is 1. The Morgan fingerprint density at radius 1 is 0.939 bits per heavy atom. The van der Waals surface area contributed by atoms with Crippen LogP contribution in [0, 0.1) is 6.07 Å². The molecule has 0 fully saturated rings. The third-order valence-corrected chi connectivity index (χ3v) is 5.82. The van der Waals surface area contributed by atoms with Crippen molar-refractivity contribution in [3.05, 3.63) is 102 Å². The summed E-state index contributed by atoms with van der Waals surface area (Å²) < 4.78 is 0. The standard InChI is InChI=1S/C24H18N.C5H8O2.Ir/c1-24(2)21-10-6-5-9-19(21)20-15-25-23(14-22(20)24)18-12-11-16-7-3-4-8-17(16)13-18;1-4(6)3-5(2)7;/h3-12,14-15H,1-2H3;3,6H,1-2H3;/q-1;;/b;4-3-;. The maximum Gasteiger partial charge on any atom is 0.155 e. The summed E-state index contributed by atoms with van der Waals surface area (Å²) in [5, 5.41) is 10.7. The molecule has 0 atom stereocenters. The van der Waals surface area contributed by atoms with Crippen molar-refractivity contribution < 1.29 is 30.0 Å². The van der Waals surface area contributed by atoms with Crippen LogP contribution in [0.1, 0.15) is 38.8 Å². The number of aliphatic hydroxyl groups excluding tert-OH is 1.